The summed E-state index contributed by atoms with van der Waals surface area (Å²) in [5.74, 6) is -0.752. The number of carbonyl (C=O) groups is 2. The number of hydrogen-bond acceptors (Lipinski definition) is 3. The molecule has 1 aliphatic heterocycles. The highest BCUT2D eigenvalue weighted by Gasteiger charge is 2.43. The highest BCUT2D eigenvalue weighted by atomic mass is 19.1. The van der Waals surface area contributed by atoms with Crippen molar-refractivity contribution >= 4 is 11.8 Å². The van der Waals surface area contributed by atoms with Crippen molar-refractivity contribution in [2.45, 2.75) is 38.8 Å². The second-order valence-electron chi connectivity index (χ2n) is 5.01. The molecule has 0 saturated carbocycles. The number of carbonyl (C=O) groups excluding carboxylic acids is 2. The Hall–Kier alpha value is -1.98. The van der Waals surface area contributed by atoms with Crippen LogP contribution < -0.4 is 5.32 Å². The number of aromatic nitrogens is 1. The SMILES string of the molecule is CCC1(CC)NC(=O)CN(Cc2cncc(F)c2)C1=O. The molecular formula is C14H18FN3O2. The number of piperazine rings is 1. The molecule has 1 aromatic heterocycles. The number of pyridine rings is 1. The zero-order valence-electron chi connectivity index (χ0n) is 11.6. The topological polar surface area (TPSA) is 62.3 Å². The van der Waals surface area contributed by atoms with Crippen LogP contribution in [0, 0.1) is 5.82 Å². The first-order valence-electron chi connectivity index (χ1n) is 6.70. The quantitative estimate of drug-likeness (QED) is 0.902. The van der Waals surface area contributed by atoms with Crippen LogP contribution in [0.1, 0.15) is 32.3 Å². The second-order valence-corrected chi connectivity index (χ2v) is 5.01. The van der Waals surface area contributed by atoms with Gasteiger partial charge in [-0.2, -0.15) is 0 Å². The molecule has 1 N–H and O–H groups in total. The van der Waals surface area contributed by atoms with Crippen molar-refractivity contribution in [3.8, 4) is 0 Å². The van der Waals surface area contributed by atoms with Gasteiger partial charge < -0.3 is 10.2 Å². The lowest BCUT2D eigenvalue weighted by atomic mass is 9.89. The summed E-state index contributed by atoms with van der Waals surface area (Å²) in [7, 11) is 0. The van der Waals surface area contributed by atoms with E-state index in [1.807, 2.05) is 13.8 Å². The molecule has 5 nitrogen and oxygen atoms in total. The number of nitrogens with zero attached hydrogens (tertiary/aromatic N) is 2. The van der Waals surface area contributed by atoms with E-state index in [1.54, 1.807) is 0 Å². The van der Waals surface area contributed by atoms with Crippen molar-refractivity contribution < 1.29 is 14.0 Å². The van der Waals surface area contributed by atoms with Crippen LogP contribution in [0.2, 0.25) is 0 Å². The van der Waals surface area contributed by atoms with Gasteiger partial charge in [0.15, 0.2) is 0 Å². The van der Waals surface area contributed by atoms with E-state index in [4.69, 9.17) is 0 Å². The fourth-order valence-corrected chi connectivity index (χ4v) is 2.53. The molecule has 1 aliphatic rings. The van der Waals surface area contributed by atoms with Gasteiger partial charge in [-0.05, 0) is 24.5 Å². The standard InChI is InChI=1S/C14H18FN3O2/c1-3-14(4-2)13(20)18(9-12(19)17-14)8-10-5-11(15)7-16-6-10/h5-7H,3-4,8-9H2,1-2H3,(H,17,19). The Morgan fingerprint density at radius 1 is 1.35 bits per heavy atom. The summed E-state index contributed by atoms with van der Waals surface area (Å²) in [6, 6.07) is 1.33. The van der Waals surface area contributed by atoms with Gasteiger partial charge >= 0.3 is 0 Å². The average Bonchev–Trinajstić information content (AvgIpc) is 2.42. The normalized spacial score (nSPS) is 18.1. The summed E-state index contributed by atoms with van der Waals surface area (Å²) >= 11 is 0. The molecular weight excluding hydrogens is 261 g/mol. The lowest BCUT2D eigenvalue weighted by molar-refractivity contribution is -0.151. The number of hydrogen-bond donors (Lipinski definition) is 1. The van der Waals surface area contributed by atoms with Crippen LogP contribution in [0.4, 0.5) is 4.39 Å². The minimum absolute atomic E-state index is 0.00288. The largest absolute Gasteiger partial charge is 0.340 e. The van der Waals surface area contributed by atoms with E-state index in [1.165, 1.54) is 17.2 Å². The van der Waals surface area contributed by atoms with Gasteiger partial charge in [-0.3, -0.25) is 14.6 Å². The van der Waals surface area contributed by atoms with Crippen LogP contribution in [-0.2, 0) is 16.1 Å². The van der Waals surface area contributed by atoms with Gasteiger partial charge in [-0.1, -0.05) is 13.8 Å². The van der Waals surface area contributed by atoms with Crippen LogP contribution in [0.25, 0.3) is 0 Å². The summed E-state index contributed by atoms with van der Waals surface area (Å²) in [5, 5.41) is 2.79. The Kier molecular flexibility index (Phi) is 4.01. The Morgan fingerprint density at radius 2 is 2.05 bits per heavy atom. The molecule has 0 aliphatic carbocycles. The third kappa shape index (κ3) is 2.64. The number of amides is 2. The molecule has 0 atom stereocenters. The zero-order valence-corrected chi connectivity index (χ0v) is 11.6. The number of nitrogens with one attached hydrogen (secondary N) is 1. The molecule has 0 bridgehead atoms. The van der Waals surface area contributed by atoms with Crippen molar-refractivity contribution in [3.05, 3.63) is 29.8 Å². The molecule has 6 heteroatoms. The van der Waals surface area contributed by atoms with Gasteiger partial charge in [0.1, 0.15) is 11.4 Å². The molecule has 0 spiro atoms. The zero-order chi connectivity index (χ0) is 14.8. The van der Waals surface area contributed by atoms with E-state index in [2.05, 4.69) is 10.3 Å². The van der Waals surface area contributed by atoms with E-state index in [0.717, 1.165) is 6.20 Å². The lowest BCUT2D eigenvalue weighted by Gasteiger charge is -2.41. The van der Waals surface area contributed by atoms with Crippen LogP contribution in [0.3, 0.4) is 0 Å². The Bertz CT molecular complexity index is 529. The maximum absolute atomic E-state index is 13.1. The maximum Gasteiger partial charge on any atom is 0.249 e. The summed E-state index contributed by atoms with van der Waals surface area (Å²) < 4.78 is 13.1. The maximum atomic E-state index is 13.1. The molecule has 1 fully saturated rings. The van der Waals surface area contributed by atoms with Crippen LogP contribution >= 0.6 is 0 Å². The molecule has 0 unspecified atom stereocenters. The summed E-state index contributed by atoms with van der Waals surface area (Å²) in [4.78, 5) is 29.6. The first-order valence-corrected chi connectivity index (χ1v) is 6.70. The second kappa shape index (κ2) is 5.56. The highest BCUT2D eigenvalue weighted by molar-refractivity contribution is 5.97. The smallest absolute Gasteiger partial charge is 0.249 e. The first-order chi connectivity index (χ1) is 9.50. The molecule has 0 aromatic carbocycles. The Morgan fingerprint density at radius 3 is 2.65 bits per heavy atom. The van der Waals surface area contributed by atoms with Crippen molar-refractivity contribution in [1.82, 2.24) is 15.2 Å². The molecule has 2 heterocycles. The van der Waals surface area contributed by atoms with Crippen molar-refractivity contribution in [2.24, 2.45) is 0 Å². The van der Waals surface area contributed by atoms with Crippen molar-refractivity contribution in [2.75, 3.05) is 6.54 Å². The Labute approximate surface area is 117 Å². The third-order valence-electron chi connectivity index (χ3n) is 3.75. The van der Waals surface area contributed by atoms with E-state index in [-0.39, 0.29) is 24.9 Å². The van der Waals surface area contributed by atoms with Crippen LogP contribution in [0.15, 0.2) is 18.5 Å². The van der Waals surface area contributed by atoms with E-state index >= 15 is 0 Å². The van der Waals surface area contributed by atoms with E-state index in [9.17, 15) is 14.0 Å². The van der Waals surface area contributed by atoms with Gasteiger partial charge in [0.25, 0.3) is 0 Å². The van der Waals surface area contributed by atoms with Gasteiger partial charge in [0.05, 0.1) is 12.7 Å². The third-order valence-corrected chi connectivity index (χ3v) is 3.75. The predicted molar refractivity (Wildman–Crippen MR) is 71.1 cm³/mol. The number of rotatable bonds is 4. The monoisotopic (exact) mass is 279 g/mol. The summed E-state index contributed by atoms with van der Waals surface area (Å²) in [6.45, 7) is 3.93. The molecule has 1 aromatic rings. The first kappa shape index (κ1) is 14.4. The van der Waals surface area contributed by atoms with Gasteiger partial charge in [-0.15, -0.1) is 0 Å². The van der Waals surface area contributed by atoms with Crippen LogP contribution in [-0.4, -0.2) is 33.8 Å². The average molecular weight is 279 g/mol. The molecule has 2 rings (SSSR count). The molecule has 0 radical (unpaired) electrons. The van der Waals surface area contributed by atoms with Gasteiger partial charge in [0.2, 0.25) is 11.8 Å². The van der Waals surface area contributed by atoms with Crippen LogP contribution in [0.5, 0.6) is 0 Å². The van der Waals surface area contributed by atoms with Crippen molar-refractivity contribution in [1.29, 1.82) is 0 Å². The highest BCUT2D eigenvalue weighted by Crippen LogP contribution is 2.23. The number of halogens is 1. The fourth-order valence-electron chi connectivity index (χ4n) is 2.53. The van der Waals surface area contributed by atoms with E-state index in [0.29, 0.717) is 18.4 Å². The lowest BCUT2D eigenvalue weighted by Crippen LogP contribution is -2.65. The minimum atomic E-state index is -0.837. The Balaban J connectivity index is 2.22. The molecule has 2 amide bonds. The molecule has 1 saturated heterocycles. The predicted octanol–water partition coefficient (Wildman–Crippen LogP) is 1.24. The van der Waals surface area contributed by atoms with Gasteiger partial charge in [0, 0.05) is 12.7 Å². The molecule has 20 heavy (non-hydrogen) atoms. The summed E-state index contributed by atoms with van der Waals surface area (Å²) in [5.41, 5.74) is -0.259. The minimum Gasteiger partial charge on any atom is -0.340 e. The summed E-state index contributed by atoms with van der Waals surface area (Å²) in [6.07, 6.45) is 3.68. The van der Waals surface area contributed by atoms with E-state index < -0.39 is 11.4 Å². The fraction of sp³-hybridized carbons (Fsp3) is 0.500. The van der Waals surface area contributed by atoms with Gasteiger partial charge in [-0.25, -0.2) is 4.39 Å². The van der Waals surface area contributed by atoms with Crippen molar-refractivity contribution in [3.63, 3.8) is 0 Å². The molecule has 108 valence electrons.